The van der Waals surface area contributed by atoms with Crippen LogP contribution in [0.1, 0.15) is 13.8 Å². The highest BCUT2D eigenvalue weighted by atomic mass is 16.2. The smallest absolute Gasteiger partial charge is 0.218 e. The number of carbonyl (C=O) groups excluding carboxylic acids is 1. The molecule has 0 atom stereocenters. The molecule has 94 valence electrons. The van der Waals surface area contributed by atoms with Crippen LogP contribution in [0, 0.1) is 0 Å². The van der Waals surface area contributed by atoms with Crippen LogP contribution in [0.3, 0.4) is 0 Å². The normalized spacial score (nSPS) is 8.73. The average molecular weight is 219 g/mol. The Kier molecular flexibility index (Phi) is 17.8. The molecule has 0 aromatic heterocycles. The van der Waals surface area contributed by atoms with E-state index in [1.54, 1.807) is 14.1 Å². The van der Waals surface area contributed by atoms with E-state index >= 15 is 0 Å². The topological polar surface area (TPSA) is 26.8 Å². The minimum atomic E-state index is 0.0926. The predicted octanol–water partition coefficient (Wildman–Crippen LogP) is 0.840. The summed E-state index contributed by atoms with van der Waals surface area (Å²) in [5, 5.41) is 0. The summed E-state index contributed by atoms with van der Waals surface area (Å²) in [6.07, 6.45) is 0. The summed E-state index contributed by atoms with van der Waals surface area (Å²) >= 11 is 0. The Morgan fingerprint density at radius 2 is 1.07 bits per heavy atom. The molecule has 0 bridgehead atoms. The Hall–Kier alpha value is -0.610. The van der Waals surface area contributed by atoms with Crippen molar-refractivity contribution in [2.75, 3.05) is 55.9 Å². The molecule has 0 spiro atoms. The Balaban J connectivity index is -0.000000147. The van der Waals surface area contributed by atoms with Gasteiger partial charge in [0.25, 0.3) is 0 Å². The van der Waals surface area contributed by atoms with Crippen LogP contribution in [0.5, 0.6) is 0 Å². The Bertz CT molecular complexity index is 131. The van der Waals surface area contributed by atoms with Crippen molar-refractivity contribution in [2.45, 2.75) is 13.8 Å². The number of carbonyl (C=O) groups is 1. The van der Waals surface area contributed by atoms with Crippen molar-refractivity contribution in [2.24, 2.45) is 0 Å². The minimum Gasteiger partial charge on any atom is -0.349 e. The zero-order valence-electron chi connectivity index (χ0n) is 12.0. The van der Waals surface area contributed by atoms with Gasteiger partial charge in [0, 0.05) is 21.0 Å². The van der Waals surface area contributed by atoms with Crippen LogP contribution in [0.15, 0.2) is 0 Å². The summed E-state index contributed by atoms with van der Waals surface area (Å²) in [6, 6.07) is 0. The van der Waals surface area contributed by atoms with Gasteiger partial charge in [0.1, 0.15) is 0 Å². The standard InChI is InChI=1S/C4H9NO.C4H11N.C3H9N/c1-4(6)5(2)3;1-4-5(2)3;1-4(2)3/h1-3H3;4H2,1-3H3;1-3H3. The third-order valence-electron chi connectivity index (χ3n) is 1.26. The largest absolute Gasteiger partial charge is 0.349 e. The van der Waals surface area contributed by atoms with E-state index in [1.165, 1.54) is 11.8 Å². The van der Waals surface area contributed by atoms with E-state index in [9.17, 15) is 4.79 Å². The highest BCUT2D eigenvalue weighted by molar-refractivity contribution is 5.72. The van der Waals surface area contributed by atoms with Crippen molar-refractivity contribution in [1.82, 2.24) is 14.7 Å². The molecule has 0 aromatic carbocycles. The third kappa shape index (κ3) is 59.8. The molecule has 0 heterocycles. The highest BCUT2D eigenvalue weighted by Crippen LogP contribution is 1.69. The number of hydrogen-bond acceptors (Lipinski definition) is 3. The average Bonchev–Trinajstić information content (AvgIpc) is 2.04. The van der Waals surface area contributed by atoms with E-state index in [0.717, 1.165) is 6.54 Å². The van der Waals surface area contributed by atoms with Gasteiger partial charge in [-0.05, 0) is 41.8 Å². The van der Waals surface area contributed by atoms with Crippen molar-refractivity contribution in [3.05, 3.63) is 0 Å². The van der Waals surface area contributed by atoms with Crippen LogP contribution in [0.2, 0.25) is 0 Å². The number of amides is 1. The minimum absolute atomic E-state index is 0.0926. The van der Waals surface area contributed by atoms with Crippen molar-refractivity contribution >= 4 is 5.91 Å². The molecule has 4 nitrogen and oxygen atoms in total. The van der Waals surface area contributed by atoms with Gasteiger partial charge in [-0.15, -0.1) is 0 Å². The Morgan fingerprint density at radius 1 is 0.933 bits per heavy atom. The van der Waals surface area contributed by atoms with E-state index < -0.39 is 0 Å². The molecule has 0 aliphatic carbocycles. The zero-order chi connectivity index (χ0) is 13.0. The molecule has 0 rings (SSSR count). The van der Waals surface area contributed by atoms with Gasteiger partial charge in [-0.3, -0.25) is 4.79 Å². The molecule has 4 heteroatoms. The fourth-order valence-corrected chi connectivity index (χ4v) is 0. The molecule has 0 fully saturated rings. The molecule has 15 heavy (non-hydrogen) atoms. The lowest BCUT2D eigenvalue weighted by atomic mass is 10.7. The zero-order valence-corrected chi connectivity index (χ0v) is 12.0. The number of hydrogen-bond donors (Lipinski definition) is 0. The molecule has 0 aliphatic heterocycles. The molecule has 0 radical (unpaired) electrons. The summed E-state index contributed by atoms with van der Waals surface area (Å²) in [5.74, 6) is 0.0926. The van der Waals surface area contributed by atoms with Gasteiger partial charge in [0.15, 0.2) is 0 Å². The maximum Gasteiger partial charge on any atom is 0.218 e. The Labute approximate surface area is 95.8 Å². The molecular weight excluding hydrogens is 190 g/mol. The fraction of sp³-hybridized carbons (Fsp3) is 0.909. The first-order valence-electron chi connectivity index (χ1n) is 5.08. The van der Waals surface area contributed by atoms with Gasteiger partial charge in [-0.25, -0.2) is 0 Å². The lowest BCUT2D eigenvalue weighted by Gasteiger charge is -2.02. The van der Waals surface area contributed by atoms with Crippen LogP contribution >= 0.6 is 0 Å². The van der Waals surface area contributed by atoms with Crippen LogP contribution in [0.25, 0.3) is 0 Å². The maximum absolute atomic E-state index is 10.1. The molecule has 0 aliphatic rings. The van der Waals surface area contributed by atoms with Gasteiger partial charge >= 0.3 is 0 Å². The van der Waals surface area contributed by atoms with E-state index in [4.69, 9.17) is 0 Å². The van der Waals surface area contributed by atoms with Crippen molar-refractivity contribution in [1.29, 1.82) is 0 Å². The molecule has 0 saturated heterocycles. The van der Waals surface area contributed by atoms with Crippen molar-refractivity contribution in [3.8, 4) is 0 Å². The monoisotopic (exact) mass is 219 g/mol. The van der Waals surface area contributed by atoms with Crippen molar-refractivity contribution < 1.29 is 4.79 Å². The second-order valence-electron chi connectivity index (χ2n) is 4.15. The molecule has 0 saturated carbocycles. The first kappa shape index (κ1) is 19.9. The maximum atomic E-state index is 10.1. The molecule has 0 N–H and O–H groups in total. The molecular formula is C11H29N3O. The van der Waals surface area contributed by atoms with E-state index in [2.05, 4.69) is 25.9 Å². The summed E-state index contributed by atoms with van der Waals surface area (Å²) in [7, 11) is 13.6. The summed E-state index contributed by atoms with van der Waals surface area (Å²) < 4.78 is 0. The number of rotatable bonds is 1. The SMILES string of the molecule is CC(=O)N(C)C.CCN(C)C.CN(C)C. The number of nitrogens with zero attached hydrogens (tertiary/aromatic N) is 3. The predicted molar refractivity (Wildman–Crippen MR) is 68.2 cm³/mol. The lowest BCUT2D eigenvalue weighted by molar-refractivity contribution is -0.126. The first-order chi connectivity index (χ1) is 6.64. The summed E-state index contributed by atoms with van der Waals surface area (Å²) in [4.78, 5) is 15.7. The first-order valence-corrected chi connectivity index (χ1v) is 5.08. The van der Waals surface area contributed by atoms with Crippen molar-refractivity contribution in [3.63, 3.8) is 0 Å². The second kappa shape index (κ2) is 13.4. The van der Waals surface area contributed by atoms with E-state index in [-0.39, 0.29) is 5.91 Å². The molecule has 0 aromatic rings. The second-order valence-corrected chi connectivity index (χ2v) is 4.15. The molecule has 0 unspecified atom stereocenters. The van der Waals surface area contributed by atoms with Gasteiger partial charge in [-0.1, -0.05) is 6.92 Å². The Morgan fingerprint density at radius 3 is 1.07 bits per heavy atom. The quantitative estimate of drug-likeness (QED) is 0.654. The van der Waals surface area contributed by atoms with Crippen LogP contribution in [0.4, 0.5) is 0 Å². The molecule has 1 amide bonds. The van der Waals surface area contributed by atoms with Crippen LogP contribution in [-0.4, -0.2) is 76.5 Å². The van der Waals surface area contributed by atoms with Gasteiger partial charge < -0.3 is 14.7 Å². The van der Waals surface area contributed by atoms with Gasteiger partial charge in [0.05, 0.1) is 0 Å². The van der Waals surface area contributed by atoms with Gasteiger partial charge in [0.2, 0.25) is 5.91 Å². The third-order valence-corrected chi connectivity index (χ3v) is 1.26. The van der Waals surface area contributed by atoms with Gasteiger partial charge in [-0.2, -0.15) is 0 Å². The van der Waals surface area contributed by atoms with E-state index in [0.29, 0.717) is 0 Å². The van der Waals surface area contributed by atoms with Crippen LogP contribution in [-0.2, 0) is 4.79 Å². The lowest BCUT2D eigenvalue weighted by Crippen LogP contribution is -2.17. The highest BCUT2D eigenvalue weighted by Gasteiger charge is 1.87. The van der Waals surface area contributed by atoms with E-state index in [1.807, 2.05) is 26.0 Å². The van der Waals surface area contributed by atoms with Crippen LogP contribution < -0.4 is 0 Å². The summed E-state index contributed by atoms with van der Waals surface area (Å²) in [6.45, 7) is 4.79. The fourth-order valence-electron chi connectivity index (χ4n) is 0. The summed E-state index contributed by atoms with van der Waals surface area (Å²) in [5.41, 5.74) is 0.